The molecule has 20 heavy (non-hydrogen) atoms. The minimum atomic E-state index is -0.298. The molecule has 104 valence electrons. The molecule has 2 rings (SSSR count). The molecule has 1 amide bonds. The molecule has 1 heterocycles. The highest BCUT2D eigenvalue weighted by Gasteiger charge is 2.13. The quantitative estimate of drug-likeness (QED) is 0.903. The van der Waals surface area contributed by atoms with E-state index in [-0.39, 0.29) is 5.91 Å². The Balaban J connectivity index is 2.25. The van der Waals surface area contributed by atoms with E-state index in [1.807, 2.05) is 6.92 Å². The number of benzene rings is 1. The topological polar surface area (TPSA) is 51.2 Å². The van der Waals surface area contributed by atoms with Crippen LogP contribution in [-0.2, 0) is 0 Å². The van der Waals surface area contributed by atoms with Gasteiger partial charge in [0.1, 0.15) is 11.6 Å². The number of nitrogens with one attached hydrogen (secondary N) is 1. The zero-order chi connectivity index (χ0) is 14.7. The molecule has 0 atom stereocenters. The van der Waals surface area contributed by atoms with Crippen molar-refractivity contribution in [3.8, 4) is 5.75 Å². The number of carbonyl (C=O) groups is 1. The molecule has 0 aliphatic heterocycles. The predicted molar refractivity (Wildman–Crippen MR) is 82.6 cm³/mol. The number of methoxy groups -OCH3 is 1. The van der Waals surface area contributed by atoms with Gasteiger partial charge in [-0.1, -0.05) is 11.6 Å². The fourth-order valence-electron chi connectivity index (χ4n) is 1.64. The maximum Gasteiger partial charge on any atom is 0.260 e. The van der Waals surface area contributed by atoms with Crippen molar-refractivity contribution in [3.63, 3.8) is 0 Å². The lowest BCUT2D eigenvalue weighted by Gasteiger charge is -2.10. The second-order valence-corrected chi connectivity index (χ2v) is 5.41. The standard InChI is InChI=1S/C14H12BrClN2O2/c1-8-5-13(17-7-11(8)15)18-14(19)10-4-3-9(16)6-12(10)20-2/h3-7H,1-2H3,(H,17,18,19). The predicted octanol–water partition coefficient (Wildman–Crippen LogP) is 4.07. The summed E-state index contributed by atoms with van der Waals surface area (Å²) >= 11 is 9.23. The number of carbonyl (C=O) groups excluding carboxylic acids is 1. The molecule has 1 aromatic heterocycles. The van der Waals surface area contributed by atoms with Crippen molar-refractivity contribution in [2.24, 2.45) is 0 Å². The van der Waals surface area contributed by atoms with Gasteiger partial charge in [-0.2, -0.15) is 0 Å². The lowest BCUT2D eigenvalue weighted by atomic mass is 10.2. The molecule has 0 aliphatic rings. The Bertz CT molecular complexity index is 662. The van der Waals surface area contributed by atoms with Crippen molar-refractivity contribution in [1.29, 1.82) is 0 Å². The van der Waals surface area contributed by atoms with Gasteiger partial charge in [-0.15, -0.1) is 0 Å². The summed E-state index contributed by atoms with van der Waals surface area (Å²) < 4.78 is 6.04. The largest absolute Gasteiger partial charge is 0.496 e. The summed E-state index contributed by atoms with van der Waals surface area (Å²) in [6, 6.07) is 6.63. The summed E-state index contributed by atoms with van der Waals surface area (Å²) in [7, 11) is 1.49. The number of nitrogens with zero attached hydrogens (tertiary/aromatic N) is 1. The number of hydrogen-bond donors (Lipinski definition) is 1. The molecular weight excluding hydrogens is 344 g/mol. The fraction of sp³-hybridized carbons (Fsp3) is 0.143. The second-order valence-electron chi connectivity index (χ2n) is 4.12. The molecule has 0 radical (unpaired) electrons. The monoisotopic (exact) mass is 354 g/mol. The summed E-state index contributed by atoms with van der Waals surface area (Å²) in [5.41, 5.74) is 1.39. The highest BCUT2D eigenvalue weighted by Crippen LogP contribution is 2.24. The van der Waals surface area contributed by atoms with Crippen molar-refractivity contribution < 1.29 is 9.53 Å². The molecule has 1 N–H and O–H groups in total. The van der Waals surface area contributed by atoms with Crippen molar-refractivity contribution in [2.75, 3.05) is 12.4 Å². The van der Waals surface area contributed by atoms with Crippen LogP contribution in [0, 0.1) is 6.92 Å². The van der Waals surface area contributed by atoms with Crippen LogP contribution in [0.3, 0.4) is 0 Å². The Labute approximate surface area is 130 Å². The molecule has 0 spiro atoms. The van der Waals surface area contributed by atoms with Gasteiger partial charge in [0.05, 0.1) is 12.7 Å². The first-order chi connectivity index (χ1) is 9.51. The van der Waals surface area contributed by atoms with E-state index in [9.17, 15) is 4.79 Å². The molecule has 2 aromatic rings. The van der Waals surface area contributed by atoms with E-state index in [2.05, 4.69) is 26.2 Å². The van der Waals surface area contributed by atoms with Crippen molar-refractivity contribution >= 4 is 39.3 Å². The van der Waals surface area contributed by atoms with Crippen LogP contribution in [-0.4, -0.2) is 18.0 Å². The first kappa shape index (κ1) is 14.8. The van der Waals surface area contributed by atoms with Crippen LogP contribution in [0.4, 0.5) is 5.82 Å². The molecule has 0 saturated heterocycles. The van der Waals surface area contributed by atoms with Crippen LogP contribution in [0.2, 0.25) is 5.02 Å². The molecule has 0 aliphatic carbocycles. The van der Waals surface area contributed by atoms with Gasteiger partial charge in [0.2, 0.25) is 0 Å². The highest BCUT2D eigenvalue weighted by molar-refractivity contribution is 9.10. The summed E-state index contributed by atoms with van der Waals surface area (Å²) in [6.45, 7) is 1.92. The molecule has 0 bridgehead atoms. The average Bonchev–Trinajstić information content (AvgIpc) is 2.42. The first-order valence-electron chi connectivity index (χ1n) is 5.78. The Hall–Kier alpha value is -1.59. The van der Waals surface area contributed by atoms with Gasteiger partial charge >= 0.3 is 0 Å². The van der Waals surface area contributed by atoms with E-state index in [0.29, 0.717) is 22.2 Å². The van der Waals surface area contributed by atoms with Gasteiger partial charge in [0.25, 0.3) is 5.91 Å². The molecule has 0 unspecified atom stereocenters. The first-order valence-corrected chi connectivity index (χ1v) is 6.95. The Kier molecular flexibility index (Phi) is 4.62. The lowest BCUT2D eigenvalue weighted by Crippen LogP contribution is -2.14. The van der Waals surface area contributed by atoms with Gasteiger partial charge < -0.3 is 10.1 Å². The third-order valence-electron chi connectivity index (χ3n) is 2.70. The molecule has 6 heteroatoms. The van der Waals surface area contributed by atoms with E-state index in [4.69, 9.17) is 16.3 Å². The Morgan fingerprint density at radius 2 is 2.15 bits per heavy atom. The number of anilines is 1. The van der Waals surface area contributed by atoms with Gasteiger partial charge in [-0.25, -0.2) is 4.98 Å². The van der Waals surface area contributed by atoms with Crippen LogP contribution >= 0.6 is 27.5 Å². The van der Waals surface area contributed by atoms with Crippen molar-refractivity contribution in [2.45, 2.75) is 6.92 Å². The Morgan fingerprint density at radius 3 is 2.80 bits per heavy atom. The highest BCUT2D eigenvalue weighted by atomic mass is 79.9. The van der Waals surface area contributed by atoms with E-state index in [1.54, 1.807) is 30.5 Å². The minimum absolute atomic E-state index is 0.298. The zero-order valence-electron chi connectivity index (χ0n) is 10.9. The number of amides is 1. The molecule has 1 aromatic carbocycles. The van der Waals surface area contributed by atoms with Crippen LogP contribution in [0.25, 0.3) is 0 Å². The van der Waals surface area contributed by atoms with Gasteiger partial charge in [-0.05, 0) is 52.7 Å². The summed E-state index contributed by atoms with van der Waals surface area (Å²) in [5.74, 6) is 0.601. The van der Waals surface area contributed by atoms with E-state index in [1.165, 1.54) is 7.11 Å². The van der Waals surface area contributed by atoms with Crippen molar-refractivity contribution in [1.82, 2.24) is 4.98 Å². The molecule has 0 saturated carbocycles. The van der Waals surface area contributed by atoms with Crippen molar-refractivity contribution in [3.05, 3.63) is 51.1 Å². The molecular formula is C14H12BrClN2O2. The van der Waals surface area contributed by atoms with E-state index in [0.717, 1.165) is 10.0 Å². The minimum Gasteiger partial charge on any atom is -0.496 e. The third kappa shape index (κ3) is 3.29. The zero-order valence-corrected chi connectivity index (χ0v) is 13.2. The normalized spacial score (nSPS) is 10.2. The summed E-state index contributed by atoms with van der Waals surface area (Å²) in [4.78, 5) is 16.3. The summed E-state index contributed by atoms with van der Waals surface area (Å²) in [6.07, 6.45) is 1.64. The van der Waals surface area contributed by atoms with E-state index < -0.39 is 0 Å². The van der Waals surface area contributed by atoms with Crippen LogP contribution in [0.1, 0.15) is 15.9 Å². The number of rotatable bonds is 3. The average molecular weight is 356 g/mol. The second kappa shape index (κ2) is 6.24. The SMILES string of the molecule is COc1cc(Cl)ccc1C(=O)Nc1cc(C)c(Br)cn1. The van der Waals surface area contributed by atoms with Gasteiger partial charge in [-0.3, -0.25) is 4.79 Å². The number of aryl methyl sites for hydroxylation is 1. The third-order valence-corrected chi connectivity index (χ3v) is 3.76. The number of pyridine rings is 1. The lowest BCUT2D eigenvalue weighted by molar-refractivity contribution is 0.102. The maximum atomic E-state index is 12.2. The summed E-state index contributed by atoms with van der Waals surface area (Å²) in [5, 5.41) is 3.24. The maximum absolute atomic E-state index is 12.2. The molecule has 4 nitrogen and oxygen atoms in total. The van der Waals surface area contributed by atoms with Crippen LogP contribution in [0.15, 0.2) is 34.9 Å². The molecule has 0 fully saturated rings. The van der Waals surface area contributed by atoms with Gasteiger partial charge in [0, 0.05) is 15.7 Å². The number of hydrogen-bond acceptors (Lipinski definition) is 3. The Morgan fingerprint density at radius 1 is 1.40 bits per heavy atom. The number of halogens is 2. The number of ether oxygens (including phenoxy) is 1. The smallest absolute Gasteiger partial charge is 0.260 e. The van der Waals surface area contributed by atoms with Gasteiger partial charge in [0.15, 0.2) is 0 Å². The number of aromatic nitrogens is 1. The van der Waals surface area contributed by atoms with E-state index >= 15 is 0 Å². The van der Waals surface area contributed by atoms with Crippen LogP contribution in [0.5, 0.6) is 5.75 Å². The fourth-order valence-corrected chi connectivity index (χ4v) is 2.02. The van der Waals surface area contributed by atoms with Crippen LogP contribution < -0.4 is 10.1 Å².